The number of hydrogen-bond acceptors (Lipinski definition) is 3. The lowest BCUT2D eigenvalue weighted by Gasteiger charge is -2.37. The van der Waals surface area contributed by atoms with Crippen LogP contribution in [0, 0.1) is 18.3 Å². The van der Waals surface area contributed by atoms with Crippen molar-refractivity contribution in [1.82, 2.24) is 0 Å². The number of para-hydroxylation sites is 1. The molecule has 2 atom stereocenters. The van der Waals surface area contributed by atoms with E-state index in [0.29, 0.717) is 12.5 Å². The minimum absolute atomic E-state index is 0.0850. The van der Waals surface area contributed by atoms with Crippen LogP contribution >= 0.6 is 0 Å². The van der Waals surface area contributed by atoms with Gasteiger partial charge in [-0.25, -0.2) is 0 Å². The number of rotatable bonds is 2. The lowest BCUT2D eigenvalue weighted by molar-refractivity contribution is 0.103. The quantitative estimate of drug-likeness (QED) is 0.547. The number of nitrogens with two attached hydrogens (primary N) is 1. The van der Waals surface area contributed by atoms with Gasteiger partial charge in [0.15, 0.2) is 0 Å². The van der Waals surface area contributed by atoms with Crippen molar-refractivity contribution in [2.45, 2.75) is 26.4 Å². The molecule has 4 heteroatoms. The second kappa shape index (κ2) is 4.98. The molecule has 0 radical (unpaired) electrons. The smallest absolute Gasteiger partial charge is 0.124 e. The van der Waals surface area contributed by atoms with E-state index in [2.05, 4.69) is 11.8 Å². The molecule has 0 bridgehead atoms. The molecule has 1 heterocycles. The van der Waals surface area contributed by atoms with E-state index in [1.807, 2.05) is 25.1 Å². The number of anilines is 1. The van der Waals surface area contributed by atoms with Crippen LogP contribution in [0.1, 0.15) is 24.5 Å². The fraction of sp³-hybridized carbons (Fsp3) is 0.500. The fourth-order valence-corrected chi connectivity index (χ4v) is 2.55. The van der Waals surface area contributed by atoms with Gasteiger partial charge in [-0.3, -0.25) is 5.41 Å². The van der Waals surface area contributed by atoms with Gasteiger partial charge in [0.1, 0.15) is 5.84 Å². The highest BCUT2D eigenvalue weighted by Crippen LogP contribution is 2.29. The second-order valence-corrected chi connectivity index (χ2v) is 5.16. The van der Waals surface area contributed by atoms with E-state index in [-0.39, 0.29) is 11.9 Å². The number of nitrogens with one attached hydrogen (secondary N) is 1. The zero-order chi connectivity index (χ0) is 13.3. The van der Waals surface area contributed by atoms with Crippen LogP contribution in [0.25, 0.3) is 0 Å². The Hall–Kier alpha value is -1.55. The van der Waals surface area contributed by atoms with Gasteiger partial charge in [-0.05, 0) is 30.9 Å². The van der Waals surface area contributed by atoms with Gasteiger partial charge in [-0.15, -0.1) is 0 Å². The van der Waals surface area contributed by atoms with Crippen LogP contribution in [-0.2, 0) is 0 Å². The van der Waals surface area contributed by atoms with Crippen molar-refractivity contribution in [2.75, 3.05) is 18.0 Å². The fourth-order valence-electron chi connectivity index (χ4n) is 2.55. The van der Waals surface area contributed by atoms with E-state index < -0.39 is 0 Å². The predicted octanol–water partition coefficient (Wildman–Crippen LogP) is 1.49. The van der Waals surface area contributed by atoms with Gasteiger partial charge >= 0.3 is 0 Å². The molecular formula is C14H21N3O. The Labute approximate surface area is 108 Å². The lowest BCUT2D eigenvalue weighted by Crippen LogP contribution is -2.44. The third kappa shape index (κ3) is 2.34. The highest BCUT2D eigenvalue weighted by Gasteiger charge is 2.26. The Kier molecular flexibility index (Phi) is 3.57. The number of aliphatic hydroxyl groups is 1. The van der Waals surface area contributed by atoms with E-state index in [0.717, 1.165) is 29.8 Å². The Morgan fingerprint density at radius 3 is 2.83 bits per heavy atom. The monoisotopic (exact) mass is 247 g/mol. The van der Waals surface area contributed by atoms with Crippen molar-refractivity contribution in [3.05, 3.63) is 29.3 Å². The van der Waals surface area contributed by atoms with Crippen molar-refractivity contribution in [2.24, 2.45) is 11.7 Å². The number of aryl methyl sites for hydroxylation is 1. The first kappa shape index (κ1) is 12.9. The van der Waals surface area contributed by atoms with Crippen LogP contribution in [0.5, 0.6) is 0 Å². The molecule has 2 rings (SSSR count). The average Bonchev–Trinajstić information content (AvgIpc) is 2.32. The second-order valence-electron chi connectivity index (χ2n) is 5.16. The molecule has 18 heavy (non-hydrogen) atoms. The summed E-state index contributed by atoms with van der Waals surface area (Å²) in [4.78, 5) is 2.15. The average molecular weight is 247 g/mol. The predicted molar refractivity (Wildman–Crippen MR) is 74.2 cm³/mol. The Morgan fingerprint density at radius 1 is 1.50 bits per heavy atom. The maximum atomic E-state index is 10.0. The molecule has 98 valence electrons. The zero-order valence-electron chi connectivity index (χ0n) is 11.0. The third-order valence-corrected chi connectivity index (χ3v) is 3.76. The number of β-amino-alcohol motifs (C(OH)–C–C–N with tert-alkyl or cyclic N) is 1. The first-order valence-corrected chi connectivity index (χ1v) is 6.37. The zero-order valence-corrected chi connectivity index (χ0v) is 11.0. The van der Waals surface area contributed by atoms with Crippen molar-refractivity contribution < 1.29 is 5.11 Å². The molecule has 0 saturated carbocycles. The van der Waals surface area contributed by atoms with Gasteiger partial charge in [-0.2, -0.15) is 0 Å². The minimum Gasteiger partial charge on any atom is -0.391 e. The van der Waals surface area contributed by atoms with Gasteiger partial charge < -0.3 is 15.7 Å². The summed E-state index contributed by atoms with van der Waals surface area (Å²) in [5, 5.41) is 17.7. The Morgan fingerprint density at radius 2 is 2.22 bits per heavy atom. The van der Waals surface area contributed by atoms with Gasteiger partial charge in [0.05, 0.1) is 11.8 Å². The topological polar surface area (TPSA) is 73.3 Å². The summed E-state index contributed by atoms with van der Waals surface area (Å²) in [6.45, 7) is 5.62. The largest absolute Gasteiger partial charge is 0.391 e. The third-order valence-electron chi connectivity index (χ3n) is 3.76. The summed E-state index contributed by atoms with van der Waals surface area (Å²) < 4.78 is 0. The van der Waals surface area contributed by atoms with E-state index >= 15 is 0 Å². The van der Waals surface area contributed by atoms with Gasteiger partial charge in [0.25, 0.3) is 0 Å². The van der Waals surface area contributed by atoms with E-state index in [4.69, 9.17) is 11.1 Å². The van der Waals surface area contributed by atoms with Crippen molar-refractivity contribution in [3.63, 3.8) is 0 Å². The summed E-state index contributed by atoms with van der Waals surface area (Å²) in [6, 6.07) is 5.81. The normalized spacial score (nSPS) is 24.1. The molecule has 0 aliphatic carbocycles. The standard InChI is InChI=1S/C14H21N3O/c1-9-6-7-17(8-12(9)18)13-10(2)4-3-5-11(13)14(15)16/h3-5,9,12,18H,6-8H2,1-2H3,(H3,15,16). The number of aliphatic hydroxyl groups excluding tert-OH is 1. The Bertz CT molecular complexity index is 458. The lowest BCUT2D eigenvalue weighted by atomic mass is 9.94. The number of benzene rings is 1. The number of hydrogen-bond donors (Lipinski definition) is 3. The maximum absolute atomic E-state index is 10.0. The first-order valence-electron chi connectivity index (χ1n) is 6.37. The molecule has 0 aromatic heterocycles. The summed E-state index contributed by atoms with van der Waals surface area (Å²) in [6.07, 6.45) is 0.658. The number of piperidine rings is 1. The molecule has 0 amide bonds. The van der Waals surface area contributed by atoms with Gasteiger partial charge in [0.2, 0.25) is 0 Å². The van der Waals surface area contributed by atoms with Gasteiger partial charge in [0, 0.05) is 18.7 Å². The van der Waals surface area contributed by atoms with Crippen LogP contribution in [0.2, 0.25) is 0 Å². The summed E-state index contributed by atoms with van der Waals surface area (Å²) >= 11 is 0. The minimum atomic E-state index is -0.307. The molecule has 1 fully saturated rings. The molecular weight excluding hydrogens is 226 g/mol. The van der Waals surface area contributed by atoms with Gasteiger partial charge in [-0.1, -0.05) is 19.1 Å². The molecule has 1 aromatic carbocycles. The molecule has 1 aliphatic heterocycles. The summed E-state index contributed by atoms with van der Waals surface area (Å²) in [5.74, 6) is 0.424. The molecule has 1 aromatic rings. The maximum Gasteiger partial charge on any atom is 0.124 e. The molecule has 1 aliphatic rings. The highest BCUT2D eigenvalue weighted by molar-refractivity contribution is 6.01. The highest BCUT2D eigenvalue weighted by atomic mass is 16.3. The molecule has 2 unspecified atom stereocenters. The number of nitrogen functional groups attached to an aromatic ring is 1. The Balaban J connectivity index is 2.36. The van der Waals surface area contributed by atoms with Crippen LogP contribution in [0.3, 0.4) is 0 Å². The molecule has 4 N–H and O–H groups in total. The van der Waals surface area contributed by atoms with E-state index in [9.17, 15) is 5.11 Å². The van der Waals surface area contributed by atoms with E-state index in [1.165, 1.54) is 0 Å². The summed E-state index contributed by atoms with van der Waals surface area (Å²) in [5.41, 5.74) is 8.50. The van der Waals surface area contributed by atoms with Crippen LogP contribution in [-0.4, -0.2) is 30.1 Å². The van der Waals surface area contributed by atoms with E-state index in [1.54, 1.807) is 0 Å². The van der Waals surface area contributed by atoms with Crippen LogP contribution in [0.4, 0.5) is 5.69 Å². The van der Waals surface area contributed by atoms with Crippen LogP contribution in [0.15, 0.2) is 18.2 Å². The molecule has 1 saturated heterocycles. The van der Waals surface area contributed by atoms with Crippen molar-refractivity contribution in [3.8, 4) is 0 Å². The SMILES string of the molecule is Cc1cccc(C(=N)N)c1N1CCC(C)C(O)C1. The number of nitrogens with zero attached hydrogens (tertiary/aromatic N) is 1. The van der Waals surface area contributed by atoms with Crippen molar-refractivity contribution >= 4 is 11.5 Å². The molecule has 0 spiro atoms. The number of amidine groups is 1. The van der Waals surface area contributed by atoms with Crippen molar-refractivity contribution in [1.29, 1.82) is 5.41 Å². The summed E-state index contributed by atoms with van der Waals surface area (Å²) in [7, 11) is 0. The molecule has 4 nitrogen and oxygen atoms in total. The van der Waals surface area contributed by atoms with Crippen LogP contribution < -0.4 is 10.6 Å². The first-order chi connectivity index (χ1) is 8.50.